The number of amides is 1. The molecule has 9 nitrogen and oxygen atoms in total. The van der Waals surface area contributed by atoms with Crippen molar-refractivity contribution in [2.75, 3.05) is 19.8 Å². The van der Waals surface area contributed by atoms with Gasteiger partial charge in [-0.25, -0.2) is 4.98 Å². The van der Waals surface area contributed by atoms with E-state index in [1.165, 1.54) is 22.0 Å². The number of likely N-dealkylation sites (N-methyl/N-ethyl adjacent to an activating group) is 1. The quantitative estimate of drug-likeness (QED) is 0.441. The maximum absolute atomic E-state index is 13.2. The molecule has 3 aromatic heterocycles. The fourth-order valence-corrected chi connectivity index (χ4v) is 3.34. The number of nitrogens with zero attached hydrogens (tertiary/aromatic N) is 6. The van der Waals surface area contributed by atoms with Crippen LogP contribution >= 0.6 is 0 Å². The van der Waals surface area contributed by atoms with Crippen LogP contribution in [0.2, 0.25) is 0 Å². The standard InChI is InChI=1S/C23H22F3N7O2/c1-13(21-30-22(35-31-21)17-10-29-33(11-17)12-19(34)32(2)3)14-4-6-15(7-5-14)16-8-18(23(24,25)26)20(27)28-9-16/h4-11,13H,12H2,1-3H3,(H2,27,28). The van der Waals surface area contributed by atoms with Gasteiger partial charge in [0, 0.05) is 38.0 Å². The Bertz CT molecular complexity index is 1340. The Morgan fingerprint density at radius 3 is 2.51 bits per heavy atom. The fourth-order valence-electron chi connectivity index (χ4n) is 3.34. The van der Waals surface area contributed by atoms with Gasteiger partial charge in [0.05, 0.1) is 17.3 Å². The molecule has 0 saturated carbocycles. The smallest absolute Gasteiger partial charge is 0.383 e. The maximum Gasteiger partial charge on any atom is 0.419 e. The zero-order valence-electron chi connectivity index (χ0n) is 19.1. The Hall–Kier alpha value is -4.22. The van der Waals surface area contributed by atoms with Gasteiger partial charge in [0.2, 0.25) is 5.91 Å². The molecule has 0 aliphatic rings. The van der Waals surface area contributed by atoms with Crippen LogP contribution in [0.5, 0.6) is 0 Å². The van der Waals surface area contributed by atoms with Crippen LogP contribution in [0, 0.1) is 0 Å². The van der Waals surface area contributed by atoms with E-state index in [-0.39, 0.29) is 24.3 Å². The van der Waals surface area contributed by atoms with E-state index in [1.54, 1.807) is 44.6 Å². The molecule has 182 valence electrons. The number of anilines is 1. The summed E-state index contributed by atoms with van der Waals surface area (Å²) in [4.78, 5) is 21.4. The third kappa shape index (κ3) is 5.15. The van der Waals surface area contributed by atoms with Gasteiger partial charge in [-0.05, 0) is 17.2 Å². The summed E-state index contributed by atoms with van der Waals surface area (Å²) < 4.78 is 46.3. The maximum atomic E-state index is 13.2. The lowest BCUT2D eigenvalue weighted by Crippen LogP contribution is -2.26. The summed E-state index contributed by atoms with van der Waals surface area (Å²) in [6.45, 7) is 1.97. The van der Waals surface area contributed by atoms with E-state index < -0.39 is 17.6 Å². The first-order chi connectivity index (χ1) is 16.5. The van der Waals surface area contributed by atoms with E-state index in [4.69, 9.17) is 10.3 Å². The molecule has 35 heavy (non-hydrogen) atoms. The number of carbonyl (C=O) groups excluding carboxylic acids is 1. The van der Waals surface area contributed by atoms with E-state index in [2.05, 4.69) is 20.2 Å². The van der Waals surface area contributed by atoms with Crippen LogP contribution in [0.4, 0.5) is 19.0 Å². The molecule has 4 rings (SSSR count). The second-order valence-electron chi connectivity index (χ2n) is 8.17. The number of pyridine rings is 1. The van der Waals surface area contributed by atoms with E-state index in [9.17, 15) is 18.0 Å². The molecule has 0 fully saturated rings. The van der Waals surface area contributed by atoms with Gasteiger partial charge < -0.3 is 15.2 Å². The molecular weight excluding hydrogens is 463 g/mol. The highest BCUT2D eigenvalue weighted by Crippen LogP contribution is 2.35. The molecule has 0 aliphatic heterocycles. The van der Waals surface area contributed by atoms with E-state index in [0.29, 0.717) is 22.5 Å². The normalized spacial score (nSPS) is 12.5. The largest absolute Gasteiger partial charge is 0.419 e. The monoisotopic (exact) mass is 485 g/mol. The number of hydrogen-bond acceptors (Lipinski definition) is 7. The first-order valence-corrected chi connectivity index (χ1v) is 10.5. The lowest BCUT2D eigenvalue weighted by molar-refractivity contribution is -0.137. The Balaban J connectivity index is 1.50. The van der Waals surface area contributed by atoms with Crippen molar-refractivity contribution in [3.63, 3.8) is 0 Å². The molecule has 3 heterocycles. The highest BCUT2D eigenvalue weighted by atomic mass is 19.4. The fraction of sp³-hybridized carbons (Fsp3) is 0.261. The zero-order chi connectivity index (χ0) is 25.3. The van der Waals surface area contributed by atoms with Crippen LogP contribution < -0.4 is 5.73 Å². The molecule has 1 amide bonds. The Labute approximate surface area is 198 Å². The van der Waals surface area contributed by atoms with Crippen molar-refractivity contribution in [1.29, 1.82) is 0 Å². The molecule has 0 radical (unpaired) electrons. The minimum absolute atomic E-state index is 0.0880. The molecular formula is C23H22F3N7O2. The second kappa shape index (κ2) is 9.20. The Kier molecular flexibility index (Phi) is 6.29. The molecule has 4 aromatic rings. The van der Waals surface area contributed by atoms with Crippen LogP contribution in [-0.4, -0.2) is 49.8 Å². The second-order valence-corrected chi connectivity index (χ2v) is 8.17. The highest BCUT2D eigenvalue weighted by Gasteiger charge is 2.34. The lowest BCUT2D eigenvalue weighted by atomic mass is 9.97. The summed E-state index contributed by atoms with van der Waals surface area (Å²) in [5.74, 6) is -0.221. The number of benzene rings is 1. The number of nitrogens with two attached hydrogens (primary N) is 1. The summed E-state index contributed by atoms with van der Waals surface area (Å²) in [6.07, 6.45) is -0.0967. The van der Waals surface area contributed by atoms with Crippen LogP contribution in [0.3, 0.4) is 0 Å². The highest BCUT2D eigenvalue weighted by molar-refractivity contribution is 5.75. The minimum Gasteiger partial charge on any atom is -0.383 e. The first-order valence-electron chi connectivity index (χ1n) is 10.5. The third-order valence-electron chi connectivity index (χ3n) is 5.47. The zero-order valence-corrected chi connectivity index (χ0v) is 19.1. The Morgan fingerprint density at radius 1 is 1.14 bits per heavy atom. The SMILES string of the molecule is CC(c1ccc(-c2cnc(N)c(C(F)(F)F)c2)cc1)c1noc(-c2cnn(CC(=O)N(C)C)c2)n1. The molecule has 2 N–H and O–H groups in total. The summed E-state index contributed by atoms with van der Waals surface area (Å²) in [5, 5.41) is 8.20. The number of carbonyl (C=O) groups is 1. The van der Waals surface area contributed by atoms with E-state index in [1.807, 2.05) is 6.92 Å². The summed E-state index contributed by atoms with van der Waals surface area (Å²) in [5.41, 5.74) is 6.70. The van der Waals surface area contributed by atoms with Gasteiger partial charge in [-0.15, -0.1) is 0 Å². The number of rotatable bonds is 6. The van der Waals surface area contributed by atoms with Gasteiger partial charge in [0.25, 0.3) is 5.89 Å². The van der Waals surface area contributed by atoms with Crippen molar-refractivity contribution >= 4 is 11.7 Å². The number of hydrogen-bond donors (Lipinski definition) is 1. The molecule has 1 unspecified atom stereocenters. The number of nitrogen functional groups attached to an aromatic ring is 1. The van der Waals surface area contributed by atoms with Gasteiger partial charge in [0.15, 0.2) is 5.82 Å². The summed E-state index contributed by atoms with van der Waals surface area (Å²) >= 11 is 0. The average Bonchev–Trinajstić information content (AvgIpc) is 3.48. The number of alkyl halides is 3. The molecule has 12 heteroatoms. The average molecular weight is 485 g/mol. The van der Waals surface area contributed by atoms with Crippen molar-refractivity contribution in [2.24, 2.45) is 0 Å². The molecule has 0 saturated heterocycles. The summed E-state index contributed by atoms with van der Waals surface area (Å²) in [6, 6.07) is 7.95. The minimum atomic E-state index is -4.59. The molecule has 0 spiro atoms. The van der Waals surface area contributed by atoms with Crippen molar-refractivity contribution in [3.8, 4) is 22.6 Å². The Morgan fingerprint density at radius 2 is 1.86 bits per heavy atom. The van der Waals surface area contributed by atoms with Gasteiger partial charge in [-0.1, -0.05) is 36.3 Å². The van der Waals surface area contributed by atoms with E-state index >= 15 is 0 Å². The third-order valence-corrected chi connectivity index (χ3v) is 5.47. The van der Waals surface area contributed by atoms with Crippen LogP contribution in [0.15, 0.2) is 53.4 Å². The van der Waals surface area contributed by atoms with Gasteiger partial charge in [0.1, 0.15) is 12.4 Å². The predicted molar refractivity (Wildman–Crippen MR) is 121 cm³/mol. The predicted octanol–water partition coefficient (Wildman–Crippen LogP) is 3.84. The van der Waals surface area contributed by atoms with Gasteiger partial charge in [-0.3, -0.25) is 9.48 Å². The first kappa shape index (κ1) is 23.9. The lowest BCUT2D eigenvalue weighted by Gasteiger charge is -2.12. The number of halogens is 3. The molecule has 0 aliphatic carbocycles. The molecule has 0 bridgehead atoms. The van der Waals surface area contributed by atoms with Crippen LogP contribution in [0.1, 0.15) is 29.8 Å². The van der Waals surface area contributed by atoms with Gasteiger partial charge >= 0.3 is 6.18 Å². The van der Waals surface area contributed by atoms with Crippen molar-refractivity contribution < 1.29 is 22.5 Å². The summed E-state index contributed by atoms with van der Waals surface area (Å²) in [7, 11) is 3.33. The molecule has 1 atom stereocenters. The van der Waals surface area contributed by atoms with Crippen molar-refractivity contribution in [3.05, 3.63) is 65.9 Å². The van der Waals surface area contributed by atoms with Crippen molar-refractivity contribution in [1.82, 2.24) is 29.8 Å². The van der Waals surface area contributed by atoms with Crippen LogP contribution in [0.25, 0.3) is 22.6 Å². The van der Waals surface area contributed by atoms with E-state index in [0.717, 1.165) is 11.6 Å². The number of aromatic nitrogens is 5. The molecule has 1 aromatic carbocycles. The topological polar surface area (TPSA) is 116 Å². The van der Waals surface area contributed by atoms with Crippen LogP contribution in [-0.2, 0) is 17.5 Å². The van der Waals surface area contributed by atoms with Gasteiger partial charge in [-0.2, -0.15) is 23.3 Å². The van der Waals surface area contributed by atoms with Crippen molar-refractivity contribution in [2.45, 2.75) is 25.6 Å².